The number of nitrogens with zero attached hydrogens (tertiary/aromatic N) is 1. The summed E-state index contributed by atoms with van der Waals surface area (Å²) < 4.78 is 4.41. The zero-order valence-electron chi connectivity index (χ0n) is 11.3. The predicted molar refractivity (Wildman–Crippen MR) is 71.2 cm³/mol. The van der Waals surface area contributed by atoms with Crippen molar-refractivity contribution in [1.29, 1.82) is 0 Å². The monoisotopic (exact) mass is 280 g/mol. The molecule has 0 saturated carbocycles. The number of nitro benzene ring substituents is 1. The van der Waals surface area contributed by atoms with E-state index >= 15 is 0 Å². The van der Waals surface area contributed by atoms with E-state index in [-0.39, 0.29) is 17.2 Å². The average Bonchev–Trinajstić information content (AvgIpc) is 2.82. The van der Waals surface area contributed by atoms with Crippen molar-refractivity contribution >= 4 is 17.6 Å². The van der Waals surface area contributed by atoms with Gasteiger partial charge in [0.15, 0.2) is 0 Å². The molecule has 2 rings (SSSR count). The number of esters is 1. The normalized spacial score (nSPS) is 16.7. The van der Waals surface area contributed by atoms with Crippen LogP contribution >= 0.6 is 0 Å². The van der Waals surface area contributed by atoms with Crippen LogP contribution in [0.5, 0.6) is 0 Å². The summed E-state index contributed by atoms with van der Waals surface area (Å²) in [6.45, 7) is 2.94. The van der Waals surface area contributed by atoms with Gasteiger partial charge in [0.25, 0.3) is 5.69 Å². The lowest BCUT2D eigenvalue weighted by Gasteiger charge is -1.97. The number of benzene rings is 1. The van der Waals surface area contributed by atoms with Crippen LogP contribution in [0.15, 0.2) is 24.3 Å². The van der Waals surface area contributed by atoms with Crippen LogP contribution in [-0.2, 0) is 9.53 Å². The number of amides is 1. The van der Waals surface area contributed by atoms with Gasteiger partial charge in [-0.3, -0.25) is 14.9 Å². The van der Waals surface area contributed by atoms with Crippen LogP contribution in [0.3, 0.4) is 0 Å². The summed E-state index contributed by atoms with van der Waals surface area (Å²) in [5.41, 5.74) is 0.0552. The van der Waals surface area contributed by atoms with Gasteiger partial charge in [-0.2, -0.15) is 0 Å². The number of rotatable bonds is 2. The number of nitro groups is 1. The Bertz CT molecular complexity index is 515. The second kappa shape index (κ2) is 7.22. The second-order valence-electron chi connectivity index (χ2n) is 4.41. The Morgan fingerprint density at radius 2 is 2.20 bits per heavy atom. The summed E-state index contributed by atoms with van der Waals surface area (Å²) in [7, 11) is 1.22. The minimum Gasteiger partial charge on any atom is -0.465 e. The Morgan fingerprint density at radius 1 is 1.50 bits per heavy atom. The molecule has 1 heterocycles. The first-order valence-corrected chi connectivity index (χ1v) is 6.03. The molecule has 1 aromatic rings. The van der Waals surface area contributed by atoms with Crippen LogP contribution in [0, 0.1) is 16.0 Å². The van der Waals surface area contributed by atoms with E-state index in [1.807, 2.05) is 0 Å². The maximum Gasteiger partial charge on any atom is 0.338 e. The largest absolute Gasteiger partial charge is 0.465 e. The number of hydrogen-bond acceptors (Lipinski definition) is 5. The van der Waals surface area contributed by atoms with E-state index in [0.29, 0.717) is 5.92 Å². The first kappa shape index (κ1) is 15.6. The molecule has 1 atom stereocenters. The number of carbonyl (C=O) groups excluding carboxylic acids is 2. The van der Waals surface area contributed by atoms with Crippen LogP contribution in [0.25, 0.3) is 0 Å². The smallest absolute Gasteiger partial charge is 0.338 e. The van der Waals surface area contributed by atoms with E-state index in [1.54, 1.807) is 0 Å². The molecule has 0 aromatic heterocycles. The van der Waals surface area contributed by atoms with Crippen LogP contribution in [0.1, 0.15) is 23.7 Å². The summed E-state index contributed by atoms with van der Waals surface area (Å²) >= 11 is 0. The highest BCUT2D eigenvalue weighted by Crippen LogP contribution is 2.13. The summed E-state index contributed by atoms with van der Waals surface area (Å²) in [5.74, 6) is 0.184. The molecular weight excluding hydrogens is 264 g/mol. The van der Waals surface area contributed by atoms with Crippen molar-refractivity contribution in [2.24, 2.45) is 5.92 Å². The molecule has 0 spiro atoms. The molecule has 108 valence electrons. The van der Waals surface area contributed by atoms with E-state index in [4.69, 9.17) is 0 Å². The maximum atomic E-state index is 10.9. The molecule has 1 aliphatic rings. The fourth-order valence-corrected chi connectivity index (χ4v) is 1.61. The van der Waals surface area contributed by atoms with Gasteiger partial charge in [0.1, 0.15) is 0 Å². The van der Waals surface area contributed by atoms with Crippen molar-refractivity contribution in [2.75, 3.05) is 13.7 Å². The van der Waals surface area contributed by atoms with E-state index in [0.717, 1.165) is 13.0 Å². The third kappa shape index (κ3) is 4.68. The van der Waals surface area contributed by atoms with E-state index in [9.17, 15) is 19.7 Å². The lowest BCUT2D eigenvalue weighted by Crippen LogP contribution is -2.13. The highest BCUT2D eigenvalue weighted by Gasteiger charge is 2.15. The fourth-order valence-electron chi connectivity index (χ4n) is 1.61. The molecule has 0 radical (unpaired) electrons. The quantitative estimate of drug-likeness (QED) is 0.503. The first-order chi connectivity index (χ1) is 9.43. The Balaban J connectivity index is 0.000000240. The third-order valence-electron chi connectivity index (χ3n) is 2.66. The molecule has 1 saturated heterocycles. The van der Waals surface area contributed by atoms with Gasteiger partial charge in [0.2, 0.25) is 5.91 Å². The Hall–Kier alpha value is -2.44. The second-order valence-corrected chi connectivity index (χ2v) is 4.41. The zero-order valence-corrected chi connectivity index (χ0v) is 11.3. The zero-order chi connectivity index (χ0) is 15.1. The SMILES string of the molecule is CC1CNC(=O)C1.COC(=O)c1cccc([N+](=O)[O-])c1. The molecule has 1 fully saturated rings. The molecule has 1 N–H and O–H groups in total. The van der Waals surface area contributed by atoms with Crippen molar-refractivity contribution in [3.8, 4) is 0 Å². The van der Waals surface area contributed by atoms with Crippen LogP contribution in [-0.4, -0.2) is 30.5 Å². The van der Waals surface area contributed by atoms with E-state index in [2.05, 4.69) is 17.0 Å². The summed E-state index contributed by atoms with van der Waals surface area (Å²) in [6, 6.07) is 5.38. The molecule has 7 heteroatoms. The Morgan fingerprint density at radius 3 is 2.60 bits per heavy atom. The van der Waals surface area contributed by atoms with Crippen molar-refractivity contribution in [1.82, 2.24) is 5.32 Å². The molecule has 1 amide bonds. The minimum atomic E-state index is -0.580. The van der Waals surface area contributed by atoms with Crippen molar-refractivity contribution in [2.45, 2.75) is 13.3 Å². The lowest BCUT2D eigenvalue weighted by atomic mass is 10.2. The van der Waals surface area contributed by atoms with Crippen molar-refractivity contribution in [3.63, 3.8) is 0 Å². The molecule has 20 heavy (non-hydrogen) atoms. The van der Waals surface area contributed by atoms with Gasteiger partial charge < -0.3 is 10.1 Å². The van der Waals surface area contributed by atoms with Gasteiger partial charge in [0.05, 0.1) is 17.6 Å². The number of nitrogens with one attached hydrogen (secondary N) is 1. The van der Waals surface area contributed by atoms with E-state index < -0.39 is 10.9 Å². The number of carbonyl (C=O) groups is 2. The highest BCUT2D eigenvalue weighted by atomic mass is 16.6. The molecule has 1 aromatic carbocycles. The van der Waals surface area contributed by atoms with Crippen molar-refractivity contribution < 1.29 is 19.2 Å². The molecule has 1 aliphatic heterocycles. The van der Waals surface area contributed by atoms with Crippen molar-refractivity contribution in [3.05, 3.63) is 39.9 Å². The third-order valence-corrected chi connectivity index (χ3v) is 2.66. The minimum absolute atomic E-state index is 0.122. The molecular formula is C13H16N2O5. The maximum absolute atomic E-state index is 10.9. The van der Waals surface area contributed by atoms with Gasteiger partial charge in [-0.1, -0.05) is 13.0 Å². The Kier molecular flexibility index (Phi) is 5.64. The average molecular weight is 280 g/mol. The number of methoxy groups -OCH3 is 1. The van der Waals surface area contributed by atoms with Gasteiger partial charge in [-0.25, -0.2) is 4.79 Å². The topological polar surface area (TPSA) is 98.5 Å². The number of hydrogen-bond donors (Lipinski definition) is 1. The van der Waals surface area contributed by atoms with Gasteiger partial charge in [-0.05, 0) is 12.0 Å². The first-order valence-electron chi connectivity index (χ1n) is 6.03. The number of ether oxygens (including phenoxy) is 1. The summed E-state index contributed by atoms with van der Waals surface area (Å²) in [4.78, 5) is 31.0. The molecule has 1 unspecified atom stereocenters. The highest BCUT2D eigenvalue weighted by molar-refractivity contribution is 5.89. The van der Waals surface area contributed by atoms with Gasteiger partial charge in [0, 0.05) is 25.1 Å². The van der Waals surface area contributed by atoms with Gasteiger partial charge in [-0.15, -0.1) is 0 Å². The van der Waals surface area contributed by atoms with Crippen LogP contribution in [0.4, 0.5) is 5.69 Å². The predicted octanol–water partition coefficient (Wildman–Crippen LogP) is 1.52. The van der Waals surface area contributed by atoms with Crippen LogP contribution < -0.4 is 5.32 Å². The summed E-state index contributed by atoms with van der Waals surface area (Å²) in [5, 5.41) is 13.0. The Labute approximate surface area is 116 Å². The molecule has 0 bridgehead atoms. The fraction of sp³-hybridized carbons (Fsp3) is 0.385. The summed E-state index contributed by atoms with van der Waals surface area (Å²) in [6.07, 6.45) is 0.722. The standard InChI is InChI=1S/C8H7NO4.C5H9NO/c1-13-8(10)6-3-2-4-7(5-6)9(11)12;1-4-2-5(7)6-3-4/h2-5H,1H3;4H,2-3H2,1H3,(H,6,7). The van der Waals surface area contributed by atoms with Gasteiger partial charge >= 0.3 is 5.97 Å². The van der Waals surface area contributed by atoms with Crippen LogP contribution in [0.2, 0.25) is 0 Å². The molecule has 7 nitrogen and oxygen atoms in total. The number of non-ortho nitro benzene ring substituents is 1. The molecule has 0 aliphatic carbocycles. The van der Waals surface area contributed by atoms with E-state index in [1.165, 1.54) is 31.4 Å². The lowest BCUT2D eigenvalue weighted by molar-refractivity contribution is -0.384.